The predicted molar refractivity (Wildman–Crippen MR) is 73.9 cm³/mol. The molecule has 0 unspecified atom stereocenters. The van der Waals surface area contributed by atoms with Gasteiger partial charge in [-0.1, -0.05) is 35.3 Å². The molecule has 0 radical (unpaired) electrons. The fourth-order valence-electron chi connectivity index (χ4n) is 1.71. The van der Waals surface area contributed by atoms with Crippen LogP contribution in [0.1, 0.15) is 5.56 Å². The first-order valence-corrected chi connectivity index (χ1v) is 6.12. The largest absolute Gasteiger partial charge is 0.481 e. The maximum Gasteiger partial charge on any atom is 0.308 e. The second-order valence-electron chi connectivity index (χ2n) is 3.91. The molecule has 98 valence electrons. The van der Waals surface area contributed by atoms with Crippen molar-refractivity contribution in [2.75, 3.05) is 0 Å². The van der Waals surface area contributed by atoms with Gasteiger partial charge >= 0.3 is 5.97 Å². The van der Waals surface area contributed by atoms with E-state index in [0.29, 0.717) is 21.2 Å². The first kappa shape index (κ1) is 13.6. The van der Waals surface area contributed by atoms with Gasteiger partial charge in [0.15, 0.2) is 0 Å². The molecule has 1 aromatic heterocycles. The van der Waals surface area contributed by atoms with Crippen LogP contribution >= 0.6 is 23.2 Å². The fourth-order valence-corrected chi connectivity index (χ4v) is 2.12. The van der Waals surface area contributed by atoms with E-state index in [1.54, 1.807) is 18.2 Å². The lowest BCUT2D eigenvalue weighted by Crippen LogP contribution is -2.15. The number of pyridine rings is 1. The minimum Gasteiger partial charge on any atom is -0.481 e. The van der Waals surface area contributed by atoms with Crippen LogP contribution in [0.3, 0.4) is 0 Å². The molecule has 0 bridgehead atoms. The molecule has 0 saturated heterocycles. The van der Waals surface area contributed by atoms with E-state index in [1.165, 1.54) is 12.3 Å². The second kappa shape index (κ2) is 5.47. The number of aromatic amines is 1. The van der Waals surface area contributed by atoms with Crippen molar-refractivity contribution in [2.45, 2.75) is 6.42 Å². The average molecular weight is 298 g/mol. The first-order chi connectivity index (χ1) is 8.99. The van der Waals surface area contributed by atoms with Crippen LogP contribution in [0.2, 0.25) is 10.0 Å². The van der Waals surface area contributed by atoms with Crippen molar-refractivity contribution in [3.8, 4) is 11.1 Å². The van der Waals surface area contributed by atoms with Gasteiger partial charge < -0.3 is 10.1 Å². The van der Waals surface area contributed by atoms with Gasteiger partial charge in [-0.15, -0.1) is 0 Å². The van der Waals surface area contributed by atoms with Gasteiger partial charge in [-0.05, 0) is 17.7 Å². The van der Waals surface area contributed by atoms with Crippen LogP contribution < -0.4 is 5.56 Å². The molecule has 0 aliphatic heterocycles. The van der Waals surface area contributed by atoms with Crippen LogP contribution in [0.15, 0.2) is 35.3 Å². The van der Waals surface area contributed by atoms with E-state index in [-0.39, 0.29) is 12.0 Å². The molecule has 2 N–H and O–H groups in total. The lowest BCUT2D eigenvalue weighted by atomic mass is 10.0. The topological polar surface area (TPSA) is 70.2 Å². The van der Waals surface area contributed by atoms with E-state index < -0.39 is 11.5 Å². The number of rotatable bonds is 3. The Morgan fingerprint density at radius 2 is 2.05 bits per heavy atom. The molecule has 0 spiro atoms. The second-order valence-corrected chi connectivity index (χ2v) is 4.70. The predicted octanol–water partition coefficient (Wildman–Crippen LogP) is 2.98. The number of H-pyrrole nitrogens is 1. The number of benzene rings is 1. The molecule has 1 heterocycles. The summed E-state index contributed by atoms with van der Waals surface area (Å²) in [6.07, 6.45) is 1.13. The highest BCUT2D eigenvalue weighted by molar-refractivity contribution is 6.43. The Morgan fingerprint density at radius 1 is 1.32 bits per heavy atom. The third-order valence-corrected chi connectivity index (χ3v) is 3.40. The lowest BCUT2D eigenvalue weighted by Gasteiger charge is -2.07. The van der Waals surface area contributed by atoms with Gasteiger partial charge in [0.2, 0.25) is 0 Å². The number of aromatic nitrogens is 1. The van der Waals surface area contributed by atoms with Crippen molar-refractivity contribution in [1.82, 2.24) is 4.98 Å². The van der Waals surface area contributed by atoms with Gasteiger partial charge in [0.25, 0.3) is 5.56 Å². The molecular weight excluding hydrogens is 289 g/mol. The Bertz CT molecular complexity index is 695. The number of aliphatic carboxylic acids is 1. The Labute approximate surface area is 118 Å². The molecule has 6 heteroatoms. The molecule has 0 fully saturated rings. The molecule has 1 aromatic carbocycles. The zero-order valence-corrected chi connectivity index (χ0v) is 11.1. The summed E-state index contributed by atoms with van der Waals surface area (Å²) < 4.78 is 0. The zero-order chi connectivity index (χ0) is 14.0. The molecule has 0 atom stereocenters. The van der Waals surface area contributed by atoms with E-state index in [9.17, 15) is 9.59 Å². The standard InChI is InChI=1S/C13H9Cl2NO3/c14-10-3-1-2-9(12(10)15)8-4-7(5-11(17)18)13(19)16-6-8/h1-4,6H,5H2,(H,16,19)(H,17,18). The monoisotopic (exact) mass is 297 g/mol. The molecule has 2 rings (SSSR count). The minimum absolute atomic E-state index is 0.168. The summed E-state index contributed by atoms with van der Waals surface area (Å²) in [6, 6.07) is 6.62. The summed E-state index contributed by atoms with van der Waals surface area (Å²) in [5.74, 6) is -1.07. The van der Waals surface area contributed by atoms with Gasteiger partial charge in [-0.2, -0.15) is 0 Å². The van der Waals surface area contributed by atoms with Crippen molar-refractivity contribution in [3.05, 3.63) is 56.4 Å². The molecule has 19 heavy (non-hydrogen) atoms. The summed E-state index contributed by atoms with van der Waals surface area (Å²) in [6.45, 7) is 0. The van der Waals surface area contributed by atoms with E-state index in [2.05, 4.69) is 4.98 Å². The summed E-state index contributed by atoms with van der Waals surface area (Å²) in [5, 5.41) is 9.50. The van der Waals surface area contributed by atoms with Gasteiger partial charge in [-0.25, -0.2) is 0 Å². The minimum atomic E-state index is -1.07. The Hall–Kier alpha value is -1.78. The van der Waals surface area contributed by atoms with Crippen LogP contribution in [0, 0.1) is 0 Å². The smallest absolute Gasteiger partial charge is 0.308 e. The number of carbonyl (C=O) groups is 1. The average Bonchev–Trinajstić information content (AvgIpc) is 2.35. The SMILES string of the molecule is O=C(O)Cc1cc(-c2cccc(Cl)c2Cl)c[nH]c1=O. The number of nitrogens with one attached hydrogen (secondary N) is 1. The molecular formula is C13H9Cl2NO3. The van der Waals surface area contributed by atoms with Crippen molar-refractivity contribution in [3.63, 3.8) is 0 Å². The van der Waals surface area contributed by atoms with Crippen molar-refractivity contribution < 1.29 is 9.90 Å². The van der Waals surface area contributed by atoms with Crippen molar-refractivity contribution in [1.29, 1.82) is 0 Å². The molecule has 0 aliphatic rings. The van der Waals surface area contributed by atoms with Crippen LogP contribution in [0.4, 0.5) is 0 Å². The summed E-state index contributed by atoms with van der Waals surface area (Å²) in [5.41, 5.74) is 0.991. The zero-order valence-electron chi connectivity index (χ0n) is 9.61. The van der Waals surface area contributed by atoms with Crippen LogP contribution in [0.25, 0.3) is 11.1 Å². The maximum absolute atomic E-state index is 11.5. The number of carboxylic acids is 1. The summed E-state index contributed by atoms with van der Waals surface area (Å²) in [7, 11) is 0. The van der Waals surface area contributed by atoms with E-state index in [0.717, 1.165) is 0 Å². The molecule has 0 amide bonds. The van der Waals surface area contributed by atoms with E-state index in [4.69, 9.17) is 28.3 Å². The Balaban J connectivity index is 2.54. The van der Waals surface area contributed by atoms with Gasteiger partial charge in [0.05, 0.1) is 16.5 Å². The number of hydrogen-bond donors (Lipinski definition) is 2. The Morgan fingerprint density at radius 3 is 2.74 bits per heavy atom. The quantitative estimate of drug-likeness (QED) is 0.915. The normalized spacial score (nSPS) is 10.4. The number of halogens is 2. The summed E-state index contributed by atoms with van der Waals surface area (Å²) >= 11 is 12.0. The number of hydrogen-bond acceptors (Lipinski definition) is 2. The van der Waals surface area contributed by atoms with Crippen LogP contribution in [0.5, 0.6) is 0 Å². The van der Waals surface area contributed by atoms with E-state index >= 15 is 0 Å². The molecule has 4 nitrogen and oxygen atoms in total. The maximum atomic E-state index is 11.5. The number of carboxylic acid groups (broad SMARTS) is 1. The van der Waals surface area contributed by atoms with Gasteiger partial charge in [-0.3, -0.25) is 9.59 Å². The third kappa shape index (κ3) is 2.97. The molecule has 0 aliphatic carbocycles. The molecule has 0 saturated carbocycles. The highest BCUT2D eigenvalue weighted by Gasteiger charge is 2.11. The molecule has 2 aromatic rings. The van der Waals surface area contributed by atoms with E-state index in [1.807, 2.05) is 0 Å². The summed E-state index contributed by atoms with van der Waals surface area (Å²) in [4.78, 5) is 24.7. The van der Waals surface area contributed by atoms with Crippen LogP contribution in [-0.4, -0.2) is 16.1 Å². The Kier molecular flexibility index (Phi) is 3.93. The highest BCUT2D eigenvalue weighted by atomic mass is 35.5. The first-order valence-electron chi connectivity index (χ1n) is 5.37. The van der Waals surface area contributed by atoms with Crippen molar-refractivity contribution >= 4 is 29.2 Å². The van der Waals surface area contributed by atoms with Gasteiger partial charge in [0.1, 0.15) is 0 Å². The highest BCUT2D eigenvalue weighted by Crippen LogP contribution is 2.32. The van der Waals surface area contributed by atoms with Crippen molar-refractivity contribution in [2.24, 2.45) is 0 Å². The third-order valence-electron chi connectivity index (χ3n) is 2.58. The lowest BCUT2D eigenvalue weighted by molar-refractivity contribution is -0.136. The van der Waals surface area contributed by atoms with Crippen LogP contribution in [-0.2, 0) is 11.2 Å². The van der Waals surface area contributed by atoms with Gasteiger partial charge in [0, 0.05) is 17.3 Å². The fraction of sp³-hybridized carbons (Fsp3) is 0.0769.